The van der Waals surface area contributed by atoms with E-state index < -0.39 is 0 Å². The van der Waals surface area contributed by atoms with Crippen molar-refractivity contribution in [1.82, 2.24) is 9.88 Å². The molecule has 0 N–H and O–H groups in total. The number of hydrogen-bond donors (Lipinski definition) is 0. The fraction of sp³-hybridized carbons (Fsp3) is 0.440. The van der Waals surface area contributed by atoms with Crippen molar-refractivity contribution in [2.24, 2.45) is 0 Å². The normalized spacial score (nSPS) is 14.9. The van der Waals surface area contributed by atoms with E-state index >= 15 is 0 Å². The zero-order valence-electron chi connectivity index (χ0n) is 19.2. The van der Waals surface area contributed by atoms with Gasteiger partial charge in [0.25, 0.3) is 0 Å². The van der Waals surface area contributed by atoms with Crippen LogP contribution in [0.4, 0.5) is 5.13 Å². The second kappa shape index (κ2) is 11.2. The Labute approximate surface area is 204 Å². The van der Waals surface area contributed by atoms with Gasteiger partial charge in [-0.05, 0) is 55.7 Å². The Kier molecular flexibility index (Phi) is 8.06. The molecule has 0 bridgehead atoms. The Morgan fingerprint density at radius 3 is 2.88 bits per heavy atom. The Hall–Kier alpha value is -2.35. The Balaban J connectivity index is 1.29. The quantitative estimate of drug-likeness (QED) is 0.419. The van der Waals surface area contributed by atoms with Gasteiger partial charge < -0.3 is 14.4 Å². The van der Waals surface area contributed by atoms with Crippen molar-refractivity contribution in [3.05, 3.63) is 52.5 Å². The summed E-state index contributed by atoms with van der Waals surface area (Å²) >= 11 is 7.84. The number of benzene rings is 2. The van der Waals surface area contributed by atoms with E-state index in [1.807, 2.05) is 50.2 Å². The summed E-state index contributed by atoms with van der Waals surface area (Å²) in [6.07, 6.45) is 1.36. The summed E-state index contributed by atoms with van der Waals surface area (Å²) < 4.78 is 12.3. The van der Waals surface area contributed by atoms with Gasteiger partial charge in [-0.2, -0.15) is 0 Å². The highest BCUT2D eigenvalue weighted by molar-refractivity contribution is 7.22. The maximum Gasteiger partial charge on any atom is 0.310 e. The fourth-order valence-electron chi connectivity index (χ4n) is 3.98. The number of fused-ring (bicyclic) bond motifs is 1. The predicted octanol–water partition coefficient (Wildman–Crippen LogP) is 4.95. The molecular weight excluding hydrogens is 458 g/mol. The van der Waals surface area contributed by atoms with Crippen LogP contribution in [-0.2, 0) is 16.0 Å². The van der Waals surface area contributed by atoms with Crippen LogP contribution in [0.3, 0.4) is 0 Å². The third-order valence-corrected chi connectivity index (χ3v) is 7.08. The fourth-order valence-corrected chi connectivity index (χ4v) is 5.27. The molecule has 2 heterocycles. The minimum absolute atomic E-state index is 0.211. The molecule has 0 radical (unpaired) electrons. The van der Waals surface area contributed by atoms with Crippen LogP contribution in [0, 0.1) is 6.92 Å². The van der Waals surface area contributed by atoms with E-state index in [1.54, 1.807) is 11.3 Å². The van der Waals surface area contributed by atoms with Crippen molar-refractivity contribution in [2.75, 3.05) is 50.8 Å². The number of aryl methyl sites for hydroxylation is 1. The standard InChI is InChI=1S/C25H30ClN3O3S/c1-3-31-24(30)16-19-6-5-18(2)22(15-19)32-14-13-28-9-4-10-29(12-11-28)25-27-21-8-7-20(26)17-23(21)33-25/h5-8,15,17H,3-4,9-14,16H2,1-2H3. The highest BCUT2D eigenvalue weighted by Gasteiger charge is 2.18. The first-order valence-electron chi connectivity index (χ1n) is 11.4. The smallest absolute Gasteiger partial charge is 0.310 e. The Morgan fingerprint density at radius 1 is 1.15 bits per heavy atom. The Morgan fingerprint density at radius 2 is 2.03 bits per heavy atom. The van der Waals surface area contributed by atoms with Crippen molar-refractivity contribution in [3.8, 4) is 5.75 Å². The summed E-state index contributed by atoms with van der Waals surface area (Å²) in [7, 11) is 0. The van der Waals surface area contributed by atoms with Crippen molar-refractivity contribution in [1.29, 1.82) is 0 Å². The van der Waals surface area contributed by atoms with Gasteiger partial charge in [-0.3, -0.25) is 9.69 Å². The summed E-state index contributed by atoms with van der Waals surface area (Å²) in [5.41, 5.74) is 2.99. The lowest BCUT2D eigenvalue weighted by atomic mass is 10.1. The summed E-state index contributed by atoms with van der Waals surface area (Å²) in [6, 6.07) is 11.8. The van der Waals surface area contributed by atoms with E-state index in [0.29, 0.717) is 13.2 Å². The van der Waals surface area contributed by atoms with E-state index in [0.717, 1.165) is 76.4 Å². The van der Waals surface area contributed by atoms with Crippen molar-refractivity contribution < 1.29 is 14.3 Å². The summed E-state index contributed by atoms with van der Waals surface area (Å²) in [5, 5.41) is 1.82. The van der Waals surface area contributed by atoms with Crippen LogP contribution in [0.1, 0.15) is 24.5 Å². The van der Waals surface area contributed by atoms with Gasteiger partial charge in [0.2, 0.25) is 0 Å². The third-order valence-electron chi connectivity index (χ3n) is 5.77. The van der Waals surface area contributed by atoms with Gasteiger partial charge in [0.1, 0.15) is 12.4 Å². The van der Waals surface area contributed by atoms with Crippen LogP contribution >= 0.6 is 22.9 Å². The van der Waals surface area contributed by atoms with Crippen molar-refractivity contribution >= 4 is 44.3 Å². The largest absolute Gasteiger partial charge is 0.492 e. The maximum absolute atomic E-state index is 11.8. The number of ether oxygens (including phenoxy) is 2. The molecule has 1 saturated heterocycles. The number of aromatic nitrogens is 1. The highest BCUT2D eigenvalue weighted by Crippen LogP contribution is 2.31. The summed E-state index contributed by atoms with van der Waals surface area (Å²) in [6.45, 7) is 9.68. The Bertz CT molecular complexity index is 1100. The lowest BCUT2D eigenvalue weighted by Gasteiger charge is -2.21. The molecule has 0 spiro atoms. The molecule has 1 aliphatic heterocycles. The van der Waals surface area contributed by atoms with E-state index in [-0.39, 0.29) is 12.4 Å². The molecule has 6 nitrogen and oxygen atoms in total. The van der Waals surface area contributed by atoms with Gasteiger partial charge in [-0.1, -0.05) is 35.1 Å². The molecule has 33 heavy (non-hydrogen) atoms. The van der Waals surface area contributed by atoms with Gasteiger partial charge in [0.15, 0.2) is 5.13 Å². The minimum Gasteiger partial charge on any atom is -0.492 e. The van der Waals surface area contributed by atoms with E-state index in [9.17, 15) is 4.79 Å². The number of carbonyl (C=O) groups is 1. The zero-order valence-corrected chi connectivity index (χ0v) is 20.8. The van der Waals surface area contributed by atoms with Crippen LogP contribution in [-0.4, -0.2) is 61.8 Å². The molecule has 0 saturated carbocycles. The van der Waals surface area contributed by atoms with E-state index in [1.165, 1.54) is 0 Å². The molecule has 8 heteroatoms. The number of nitrogens with zero attached hydrogens (tertiary/aromatic N) is 3. The van der Waals surface area contributed by atoms with E-state index in [4.69, 9.17) is 26.1 Å². The molecule has 1 fully saturated rings. The molecular formula is C25H30ClN3O3S. The maximum atomic E-state index is 11.8. The van der Waals surface area contributed by atoms with Crippen LogP contribution in [0.15, 0.2) is 36.4 Å². The van der Waals surface area contributed by atoms with Gasteiger partial charge in [0.05, 0.1) is 23.2 Å². The lowest BCUT2D eigenvalue weighted by molar-refractivity contribution is -0.142. The van der Waals surface area contributed by atoms with Gasteiger partial charge >= 0.3 is 5.97 Å². The van der Waals surface area contributed by atoms with Gasteiger partial charge in [-0.25, -0.2) is 4.98 Å². The first-order chi connectivity index (χ1) is 16.0. The van der Waals surface area contributed by atoms with Crippen molar-refractivity contribution in [2.45, 2.75) is 26.7 Å². The number of esters is 1. The van der Waals surface area contributed by atoms with Gasteiger partial charge in [-0.15, -0.1) is 0 Å². The molecule has 176 valence electrons. The predicted molar refractivity (Wildman–Crippen MR) is 135 cm³/mol. The molecule has 4 rings (SSSR count). The molecule has 3 aromatic rings. The number of rotatable bonds is 8. The van der Waals surface area contributed by atoms with Gasteiger partial charge in [0, 0.05) is 37.7 Å². The van der Waals surface area contributed by atoms with Crippen molar-refractivity contribution in [3.63, 3.8) is 0 Å². The average Bonchev–Trinajstić information content (AvgIpc) is 3.06. The lowest BCUT2D eigenvalue weighted by Crippen LogP contribution is -2.33. The van der Waals surface area contributed by atoms with E-state index in [2.05, 4.69) is 9.80 Å². The monoisotopic (exact) mass is 487 g/mol. The number of thiazole rings is 1. The number of anilines is 1. The average molecular weight is 488 g/mol. The second-order valence-electron chi connectivity index (χ2n) is 8.22. The van der Waals surface area contributed by atoms with Crippen LogP contribution in [0.2, 0.25) is 5.02 Å². The molecule has 0 amide bonds. The number of halogens is 1. The topological polar surface area (TPSA) is 54.9 Å². The molecule has 0 aliphatic carbocycles. The highest BCUT2D eigenvalue weighted by atomic mass is 35.5. The minimum atomic E-state index is -0.211. The molecule has 0 unspecified atom stereocenters. The number of carbonyl (C=O) groups excluding carboxylic acids is 1. The second-order valence-corrected chi connectivity index (χ2v) is 9.67. The third kappa shape index (κ3) is 6.37. The summed E-state index contributed by atoms with van der Waals surface area (Å²) in [5.74, 6) is 0.624. The zero-order chi connectivity index (χ0) is 23.2. The first kappa shape index (κ1) is 23.8. The van der Waals surface area contributed by atoms with Crippen LogP contribution < -0.4 is 9.64 Å². The molecule has 2 aromatic carbocycles. The molecule has 1 aliphatic rings. The van der Waals surface area contributed by atoms with Crippen LogP contribution in [0.5, 0.6) is 5.75 Å². The summed E-state index contributed by atoms with van der Waals surface area (Å²) in [4.78, 5) is 21.4. The first-order valence-corrected chi connectivity index (χ1v) is 12.6. The molecule has 0 atom stereocenters. The SMILES string of the molecule is CCOC(=O)Cc1ccc(C)c(OCCN2CCCN(c3nc4ccc(Cl)cc4s3)CC2)c1. The number of hydrogen-bond acceptors (Lipinski definition) is 7. The van der Waals surface area contributed by atoms with Crippen LogP contribution in [0.25, 0.3) is 10.2 Å². The molecule has 1 aromatic heterocycles.